The van der Waals surface area contributed by atoms with Gasteiger partial charge in [0.15, 0.2) is 0 Å². The topological polar surface area (TPSA) is 84.4 Å². The van der Waals surface area contributed by atoms with Crippen LogP contribution in [0.15, 0.2) is 272 Å². The normalized spacial score (nSPS) is 12.2. The van der Waals surface area contributed by atoms with Gasteiger partial charge in [-0.05, 0) is 306 Å². The van der Waals surface area contributed by atoms with Crippen LogP contribution in [0.2, 0.25) is 0 Å². The van der Waals surface area contributed by atoms with Gasteiger partial charge < -0.3 is 0 Å². The van der Waals surface area contributed by atoms with Crippen LogP contribution < -0.4 is 0 Å². The average molecular weight is 1380 g/mol. The molecule has 16 rings (SSSR count). The Hall–Kier alpha value is -14.0. The van der Waals surface area contributed by atoms with Gasteiger partial charge in [0, 0.05) is 16.7 Å². The fraction of sp³-hybridized carbons (Fsp3) is 0.118. The summed E-state index contributed by atoms with van der Waals surface area (Å²) in [5.41, 5.74) is 33.7. The van der Waals surface area contributed by atoms with Crippen LogP contribution >= 0.6 is 0 Å². The Bertz CT molecular complexity index is 5410. The summed E-state index contributed by atoms with van der Waals surface area (Å²) in [6.07, 6.45) is 5.45. The monoisotopic (exact) mass is 1380 g/mol. The molecule has 0 aromatic heterocycles. The van der Waals surface area contributed by atoms with Crippen LogP contribution in [0, 0.1) is 53.7 Å². The van der Waals surface area contributed by atoms with Crippen molar-refractivity contribution in [2.24, 2.45) is 0 Å². The number of rotatable bonds is 15. The lowest BCUT2D eigenvalue weighted by Gasteiger charge is -2.18. The summed E-state index contributed by atoms with van der Waals surface area (Å²) in [5.74, 6) is -0.172. The molecule has 3 aliphatic carbocycles. The minimum Gasteiger partial charge on any atom is -0.226 e. The molecule has 0 fully saturated rings. The van der Waals surface area contributed by atoms with Gasteiger partial charge in [-0.1, -0.05) is 224 Å². The van der Waals surface area contributed by atoms with Crippen LogP contribution in [0.4, 0.5) is 0 Å². The molecule has 510 valence electrons. The molecule has 13 aromatic rings. The Morgan fingerprint density at radius 2 is 0.454 bits per heavy atom. The number of hydrogen-bond donors (Lipinski definition) is 0. The van der Waals surface area contributed by atoms with Crippen molar-refractivity contribution in [2.45, 2.75) is 80.1 Å². The summed E-state index contributed by atoms with van der Waals surface area (Å²) in [7, 11) is 0. The largest absolute Gasteiger partial charge is 0.527 e. The molecule has 0 unspecified atom stereocenters. The van der Waals surface area contributed by atoms with Gasteiger partial charge in [-0.3, -0.25) is 0 Å². The Balaban J connectivity index is 0.983. The molecular formula is C102H72N6. The third-order valence-electron chi connectivity index (χ3n) is 22.3. The molecule has 0 radical (unpaired) electrons. The minimum absolute atomic E-state index is 0.136. The van der Waals surface area contributed by atoms with Crippen molar-refractivity contribution in [3.05, 3.63) is 373 Å². The highest BCUT2D eigenvalue weighted by Crippen LogP contribution is 2.66. The van der Waals surface area contributed by atoms with E-state index in [2.05, 4.69) is 329 Å². The zero-order valence-electron chi connectivity index (χ0n) is 61.2. The third kappa shape index (κ3) is 11.9. The number of fused-ring (bicyclic) bond motifs is 12. The first-order chi connectivity index (χ1) is 52.9. The van der Waals surface area contributed by atoms with E-state index in [0.29, 0.717) is 83.5 Å². The van der Waals surface area contributed by atoms with Crippen molar-refractivity contribution in [3.63, 3.8) is 0 Å². The Morgan fingerprint density at radius 3 is 0.685 bits per heavy atom. The van der Waals surface area contributed by atoms with Crippen molar-refractivity contribution in [1.82, 2.24) is 0 Å². The fourth-order valence-corrected chi connectivity index (χ4v) is 16.3. The van der Waals surface area contributed by atoms with Crippen molar-refractivity contribution < 1.29 is 0 Å². The van der Waals surface area contributed by atoms with Gasteiger partial charge in [0.2, 0.25) is 0 Å². The molecule has 0 heterocycles. The van der Waals surface area contributed by atoms with Gasteiger partial charge in [-0.15, -0.1) is 0 Å². The van der Waals surface area contributed by atoms with E-state index in [1.54, 1.807) is 0 Å². The summed E-state index contributed by atoms with van der Waals surface area (Å²) in [6, 6.07) is 98.3. The first-order valence-corrected chi connectivity index (χ1v) is 37.2. The van der Waals surface area contributed by atoms with Gasteiger partial charge >= 0.3 is 5.82 Å². The molecule has 0 bridgehead atoms. The molecule has 6 heteroatoms. The number of hydrogen-bond acceptors (Lipinski definition) is 3. The first-order valence-electron chi connectivity index (χ1n) is 37.2. The molecule has 0 N–H and O–H groups in total. The maximum absolute atomic E-state index is 11.6. The molecule has 0 aliphatic heterocycles. The molecule has 0 saturated carbocycles. The van der Waals surface area contributed by atoms with Gasteiger partial charge in [-0.25, -0.2) is 10.1 Å². The van der Waals surface area contributed by atoms with Crippen molar-refractivity contribution in [1.29, 1.82) is 15.8 Å². The first kappa shape index (κ1) is 68.4. The van der Waals surface area contributed by atoms with E-state index in [0.717, 1.165) is 139 Å². The van der Waals surface area contributed by atoms with Gasteiger partial charge in [-0.2, -0.15) is 20.2 Å². The van der Waals surface area contributed by atoms with Crippen LogP contribution in [0.3, 0.4) is 0 Å². The van der Waals surface area contributed by atoms with Crippen molar-refractivity contribution in [2.75, 3.05) is 0 Å². The van der Waals surface area contributed by atoms with Crippen LogP contribution in [0.1, 0.15) is 108 Å². The number of benzene rings is 13. The molecule has 108 heavy (non-hydrogen) atoms. The molecule has 0 spiro atoms. The zero-order valence-corrected chi connectivity index (χ0v) is 61.2. The predicted molar refractivity (Wildman–Crippen MR) is 443 cm³/mol. The van der Waals surface area contributed by atoms with Gasteiger partial charge in [0.25, 0.3) is 5.70 Å². The standard InChI is InChI=1S/C102H72N6/c1-10-61-16-28-67(29-17-61)76-46-77(68-30-18-62(11-2)19-31-68)50-82(49-76)73-40-43-86-89(55-73)93(85(58-103)59-104)99-95(86)100-94(92(60-105)106-7)90-56-74(83-51-78(69-32-20-63(12-3)21-33-69)47-79(52-83)70-34-22-64(13-4)23-35-70)41-44-87(90)97(100)101-96(99)88-45-42-75(57-91(88)98(101)102(107-8)108-9)84-53-80(71-36-24-65(14-5)25-37-71)48-81(54-84)72-38-26-66(15-6)27-39-72/h16-57H,10-15H2,1-6H3. The second kappa shape index (κ2) is 28.6. The summed E-state index contributed by atoms with van der Waals surface area (Å²) in [5, 5.41) is 34.9. The van der Waals surface area contributed by atoms with E-state index in [1.807, 2.05) is 0 Å². The van der Waals surface area contributed by atoms with Crippen LogP contribution in [0.5, 0.6) is 0 Å². The number of nitrogens with zero attached hydrogens (tertiary/aromatic N) is 6. The maximum Gasteiger partial charge on any atom is 0.527 e. The maximum atomic E-state index is 11.6. The third-order valence-corrected chi connectivity index (χ3v) is 22.3. The molecule has 0 amide bonds. The highest BCUT2D eigenvalue weighted by molar-refractivity contribution is 6.25. The average Bonchev–Trinajstić information content (AvgIpc) is 1.50. The lowest BCUT2D eigenvalue weighted by molar-refractivity contribution is 1.14. The Kier molecular flexibility index (Phi) is 18.1. The van der Waals surface area contributed by atoms with E-state index in [-0.39, 0.29) is 17.1 Å². The SMILES string of the molecule is [C-]#[N+]C(C#N)=C1c2cc(-c3cc(-c4ccc(CC)cc4)cc(-c4ccc(CC)cc4)c3)ccc2-c2c1c1c(c3c2C(=C([N+]#[C-])[N+]#[C-])c2cc(-c4cc(-c5ccc(CC)cc5)cc(-c5ccc(CC)cc5)c4)ccc2-3)C(=C(C#N)C#N)c2cc(-c3cc(-c4ccc(CC)cc4)cc(-c4ccc(CC)cc4)c3)ccc2-1. The minimum atomic E-state index is -0.172. The number of aryl methyl sites for hydroxylation is 6. The van der Waals surface area contributed by atoms with E-state index in [9.17, 15) is 15.8 Å². The van der Waals surface area contributed by atoms with E-state index < -0.39 is 0 Å². The van der Waals surface area contributed by atoms with Crippen molar-refractivity contribution >= 4 is 16.7 Å². The fourth-order valence-electron chi connectivity index (χ4n) is 16.3. The molecule has 0 saturated heterocycles. The van der Waals surface area contributed by atoms with E-state index in [4.69, 9.17) is 19.7 Å². The molecule has 6 nitrogen and oxygen atoms in total. The quantitative estimate of drug-likeness (QED) is 0.0757. The summed E-state index contributed by atoms with van der Waals surface area (Å²) in [4.78, 5) is 12.3. The summed E-state index contributed by atoms with van der Waals surface area (Å²) in [6.45, 7) is 40.0. The summed E-state index contributed by atoms with van der Waals surface area (Å²) >= 11 is 0. The molecule has 0 atom stereocenters. The number of nitriles is 3. The second-order valence-corrected chi connectivity index (χ2v) is 28.1. The van der Waals surface area contributed by atoms with Crippen LogP contribution in [-0.2, 0) is 38.5 Å². The van der Waals surface area contributed by atoms with Crippen molar-refractivity contribution in [3.8, 4) is 152 Å². The number of allylic oxidation sites excluding steroid dienone is 2. The molecular weight excluding hydrogens is 1310 g/mol. The van der Waals surface area contributed by atoms with Gasteiger partial charge in [0.1, 0.15) is 30.9 Å². The van der Waals surface area contributed by atoms with E-state index >= 15 is 0 Å². The highest BCUT2D eigenvalue weighted by atomic mass is 14.9. The molecule has 3 aliphatic rings. The lowest BCUT2D eigenvalue weighted by Crippen LogP contribution is -1.99. The van der Waals surface area contributed by atoms with E-state index in [1.165, 1.54) is 33.4 Å². The lowest BCUT2D eigenvalue weighted by atomic mass is 9.83. The zero-order chi connectivity index (χ0) is 74.4. The Morgan fingerprint density at radius 1 is 0.231 bits per heavy atom. The van der Waals surface area contributed by atoms with Crippen LogP contribution in [-0.4, -0.2) is 0 Å². The smallest absolute Gasteiger partial charge is 0.226 e. The summed E-state index contributed by atoms with van der Waals surface area (Å²) < 4.78 is 0. The highest BCUT2D eigenvalue weighted by Gasteiger charge is 2.46. The predicted octanol–water partition coefficient (Wildman–Crippen LogP) is 26.6. The molecule has 13 aromatic carbocycles. The second-order valence-electron chi connectivity index (χ2n) is 28.1. The van der Waals surface area contributed by atoms with Crippen LogP contribution in [0.25, 0.3) is 165 Å². The Labute approximate surface area is 633 Å². The van der Waals surface area contributed by atoms with Gasteiger partial charge in [0.05, 0.1) is 18.2 Å².